The Labute approximate surface area is 131 Å². The molecule has 1 aromatic rings. The highest BCUT2D eigenvalue weighted by atomic mass is 79.9. The SMILES string of the molecule is CCCOCc1cc(C(=O)CBr)cc(C(C)(C)CC)c1. The van der Waals surface area contributed by atoms with Gasteiger partial charge in [-0.2, -0.15) is 0 Å². The van der Waals surface area contributed by atoms with Crippen LogP contribution in [0.25, 0.3) is 0 Å². The summed E-state index contributed by atoms with van der Waals surface area (Å²) in [5, 5.41) is 0.359. The van der Waals surface area contributed by atoms with E-state index in [0.717, 1.165) is 30.6 Å². The number of carbonyl (C=O) groups is 1. The van der Waals surface area contributed by atoms with E-state index in [1.165, 1.54) is 5.56 Å². The highest BCUT2D eigenvalue weighted by molar-refractivity contribution is 9.09. The molecule has 0 aliphatic carbocycles. The Balaban J connectivity index is 3.11. The monoisotopic (exact) mass is 340 g/mol. The van der Waals surface area contributed by atoms with E-state index in [0.29, 0.717) is 11.9 Å². The first-order valence-corrected chi connectivity index (χ1v) is 8.38. The fourth-order valence-corrected chi connectivity index (χ4v) is 2.27. The van der Waals surface area contributed by atoms with Crippen LogP contribution in [0.1, 0.15) is 62.0 Å². The zero-order valence-corrected chi connectivity index (χ0v) is 14.5. The van der Waals surface area contributed by atoms with Crippen LogP contribution in [0, 0.1) is 0 Å². The van der Waals surface area contributed by atoms with Gasteiger partial charge in [0.2, 0.25) is 0 Å². The molecular formula is C17H25BrO2. The van der Waals surface area contributed by atoms with Crippen LogP contribution in [-0.2, 0) is 16.8 Å². The topological polar surface area (TPSA) is 26.3 Å². The van der Waals surface area contributed by atoms with Crippen molar-refractivity contribution >= 4 is 21.7 Å². The Morgan fingerprint density at radius 1 is 1.25 bits per heavy atom. The molecule has 0 atom stereocenters. The minimum absolute atomic E-state index is 0.0715. The molecule has 112 valence electrons. The summed E-state index contributed by atoms with van der Waals surface area (Å²) in [6.07, 6.45) is 2.04. The van der Waals surface area contributed by atoms with Gasteiger partial charge in [-0.3, -0.25) is 4.79 Å². The van der Waals surface area contributed by atoms with E-state index in [2.05, 4.69) is 49.7 Å². The van der Waals surface area contributed by atoms with Gasteiger partial charge in [-0.15, -0.1) is 0 Å². The molecule has 0 spiro atoms. The van der Waals surface area contributed by atoms with Gasteiger partial charge >= 0.3 is 0 Å². The molecular weight excluding hydrogens is 316 g/mol. The molecule has 0 fully saturated rings. The van der Waals surface area contributed by atoms with Gasteiger partial charge in [-0.1, -0.05) is 49.7 Å². The van der Waals surface area contributed by atoms with Crippen molar-refractivity contribution < 1.29 is 9.53 Å². The summed E-state index contributed by atoms with van der Waals surface area (Å²) in [4.78, 5) is 12.0. The Morgan fingerprint density at radius 3 is 2.50 bits per heavy atom. The number of hydrogen-bond acceptors (Lipinski definition) is 2. The first-order chi connectivity index (χ1) is 9.44. The standard InChI is InChI=1S/C17H25BrO2/c1-5-7-20-12-13-8-14(16(19)11-18)10-15(9-13)17(3,4)6-2/h8-10H,5-7,11-12H2,1-4H3. The quantitative estimate of drug-likeness (QED) is 0.383. The van der Waals surface area contributed by atoms with E-state index in [9.17, 15) is 4.79 Å². The van der Waals surface area contributed by atoms with E-state index in [1.807, 2.05) is 12.1 Å². The number of ether oxygens (including phenoxy) is 1. The van der Waals surface area contributed by atoms with Crippen LogP contribution in [0.5, 0.6) is 0 Å². The highest BCUT2D eigenvalue weighted by Crippen LogP contribution is 2.29. The van der Waals surface area contributed by atoms with E-state index in [4.69, 9.17) is 4.74 Å². The molecule has 2 nitrogen and oxygen atoms in total. The summed E-state index contributed by atoms with van der Waals surface area (Å²) in [6.45, 7) is 10.0. The number of alkyl halides is 1. The third-order valence-electron chi connectivity index (χ3n) is 3.72. The molecule has 0 N–H and O–H groups in total. The van der Waals surface area contributed by atoms with Crippen molar-refractivity contribution in [1.29, 1.82) is 0 Å². The van der Waals surface area contributed by atoms with Crippen LogP contribution >= 0.6 is 15.9 Å². The van der Waals surface area contributed by atoms with Gasteiger partial charge in [0.1, 0.15) is 0 Å². The highest BCUT2D eigenvalue weighted by Gasteiger charge is 2.20. The second kappa shape index (κ2) is 7.94. The molecule has 0 aliphatic rings. The second-order valence-corrected chi connectivity index (χ2v) is 6.33. The molecule has 0 unspecified atom stereocenters. The summed E-state index contributed by atoms with van der Waals surface area (Å²) in [5.41, 5.74) is 3.14. The molecule has 0 saturated carbocycles. The normalized spacial score (nSPS) is 11.7. The van der Waals surface area contributed by atoms with Crippen LogP contribution < -0.4 is 0 Å². The van der Waals surface area contributed by atoms with Gasteiger partial charge in [-0.25, -0.2) is 0 Å². The molecule has 0 radical (unpaired) electrons. The third-order valence-corrected chi connectivity index (χ3v) is 4.23. The van der Waals surface area contributed by atoms with Gasteiger partial charge < -0.3 is 4.74 Å². The summed E-state index contributed by atoms with van der Waals surface area (Å²) in [6, 6.07) is 6.15. The maximum absolute atomic E-state index is 12.0. The summed E-state index contributed by atoms with van der Waals surface area (Å²) in [7, 11) is 0. The number of hydrogen-bond donors (Lipinski definition) is 0. The van der Waals surface area contributed by atoms with Gasteiger partial charge in [0.15, 0.2) is 5.78 Å². The Morgan fingerprint density at radius 2 is 1.95 bits per heavy atom. The van der Waals surface area contributed by atoms with Gasteiger partial charge in [-0.05, 0) is 41.5 Å². The van der Waals surface area contributed by atoms with E-state index in [1.54, 1.807) is 0 Å². The first-order valence-electron chi connectivity index (χ1n) is 7.26. The predicted octanol–water partition coefficient (Wildman–Crippen LogP) is 4.88. The van der Waals surface area contributed by atoms with Crippen molar-refractivity contribution in [3.05, 3.63) is 34.9 Å². The third kappa shape index (κ3) is 4.71. The number of halogens is 1. The van der Waals surface area contributed by atoms with Crippen molar-refractivity contribution in [1.82, 2.24) is 0 Å². The number of ketones is 1. The smallest absolute Gasteiger partial charge is 0.173 e. The van der Waals surface area contributed by atoms with Crippen LogP contribution in [0.3, 0.4) is 0 Å². The lowest BCUT2D eigenvalue weighted by atomic mass is 9.80. The van der Waals surface area contributed by atoms with Crippen LogP contribution in [-0.4, -0.2) is 17.7 Å². The van der Waals surface area contributed by atoms with Gasteiger partial charge in [0.05, 0.1) is 11.9 Å². The summed E-state index contributed by atoms with van der Waals surface area (Å²) >= 11 is 3.25. The summed E-state index contributed by atoms with van der Waals surface area (Å²) in [5.74, 6) is 0.121. The molecule has 0 amide bonds. The average molecular weight is 341 g/mol. The molecule has 1 rings (SSSR count). The second-order valence-electron chi connectivity index (χ2n) is 5.77. The van der Waals surface area contributed by atoms with Crippen molar-refractivity contribution in [3.63, 3.8) is 0 Å². The summed E-state index contributed by atoms with van der Waals surface area (Å²) < 4.78 is 5.62. The zero-order chi connectivity index (χ0) is 15.2. The van der Waals surface area contributed by atoms with Crippen LogP contribution in [0.4, 0.5) is 0 Å². The minimum Gasteiger partial charge on any atom is -0.377 e. The number of Topliss-reactive ketones (excluding diaryl/α,β-unsaturated/α-hetero) is 1. The molecule has 0 bridgehead atoms. The fourth-order valence-electron chi connectivity index (χ4n) is 1.94. The van der Waals surface area contributed by atoms with Crippen molar-refractivity contribution in [3.8, 4) is 0 Å². The largest absolute Gasteiger partial charge is 0.377 e. The van der Waals surface area contributed by atoms with E-state index in [-0.39, 0.29) is 11.2 Å². The number of benzene rings is 1. The van der Waals surface area contributed by atoms with Crippen molar-refractivity contribution in [2.75, 3.05) is 11.9 Å². The maximum Gasteiger partial charge on any atom is 0.173 e. The maximum atomic E-state index is 12.0. The lowest BCUT2D eigenvalue weighted by Crippen LogP contribution is -2.17. The fraction of sp³-hybridized carbons (Fsp3) is 0.588. The Bertz CT molecular complexity index is 452. The predicted molar refractivity (Wildman–Crippen MR) is 87.8 cm³/mol. The Kier molecular flexibility index (Phi) is 6.90. The molecule has 0 aromatic heterocycles. The molecule has 0 saturated heterocycles. The lowest BCUT2D eigenvalue weighted by molar-refractivity contribution is 0.102. The minimum atomic E-state index is 0.0715. The van der Waals surface area contributed by atoms with Gasteiger partial charge in [0.25, 0.3) is 0 Å². The average Bonchev–Trinajstić information content (AvgIpc) is 2.46. The van der Waals surface area contributed by atoms with Gasteiger partial charge in [0, 0.05) is 12.2 Å². The van der Waals surface area contributed by atoms with Crippen LogP contribution in [0.15, 0.2) is 18.2 Å². The molecule has 0 heterocycles. The van der Waals surface area contributed by atoms with Crippen molar-refractivity contribution in [2.45, 2.75) is 52.6 Å². The first kappa shape index (κ1) is 17.4. The number of carbonyl (C=O) groups excluding carboxylic acids is 1. The molecule has 3 heteroatoms. The molecule has 0 aliphatic heterocycles. The van der Waals surface area contributed by atoms with Crippen LogP contribution in [0.2, 0.25) is 0 Å². The van der Waals surface area contributed by atoms with E-state index >= 15 is 0 Å². The van der Waals surface area contributed by atoms with E-state index < -0.39 is 0 Å². The lowest BCUT2D eigenvalue weighted by Gasteiger charge is -2.25. The molecule has 1 aromatic carbocycles. The molecule has 20 heavy (non-hydrogen) atoms. The van der Waals surface area contributed by atoms with Crippen molar-refractivity contribution in [2.24, 2.45) is 0 Å². The Hall–Kier alpha value is -0.670. The zero-order valence-electron chi connectivity index (χ0n) is 13.0. The number of rotatable bonds is 8.